The molecule has 0 fully saturated rings. The smallest absolute Gasteiger partial charge is 0.0582 e. The minimum atomic E-state index is -0.0359. The fraction of sp³-hybridized carbons (Fsp3) is 0.143. The van der Waals surface area contributed by atoms with Crippen LogP contribution >= 0.6 is 0 Å². The van der Waals surface area contributed by atoms with Gasteiger partial charge in [0.15, 0.2) is 0 Å². The first-order chi connectivity index (χ1) is 14.1. The summed E-state index contributed by atoms with van der Waals surface area (Å²) in [6.07, 6.45) is 1.03. The van der Waals surface area contributed by atoms with Crippen LogP contribution in [0.1, 0.15) is 36.1 Å². The Morgan fingerprint density at radius 1 is 0.690 bits per heavy atom. The van der Waals surface area contributed by atoms with E-state index in [1.165, 1.54) is 60.9 Å². The van der Waals surface area contributed by atoms with Crippen LogP contribution in [0.4, 0.5) is 0 Å². The van der Waals surface area contributed by atoms with Crippen LogP contribution in [0.25, 0.3) is 38.6 Å². The second-order valence-electron chi connectivity index (χ2n) is 9.04. The number of fused-ring (bicyclic) bond motifs is 8. The van der Waals surface area contributed by atoms with Crippen molar-refractivity contribution in [3.8, 4) is 16.8 Å². The Labute approximate surface area is 170 Å². The van der Waals surface area contributed by atoms with Gasteiger partial charge in [-0.3, -0.25) is 0 Å². The number of benzene rings is 4. The van der Waals surface area contributed by atoms with Crippen LogP contribution in [0.5, 0.6) is 0 Å². The summed E-state index contributed by atoms with van der Waals surface area (Å²) in [5.74, 6) is 0. The third kappa shape index (κ3) is 1.77. The molecule has 29 heavy (non-hydrogen) atoms. The average molecular weight is 371 g/mol. The van der Waals surface area contributed by atoms with Gasteiger partial charge in [-0.05, 0) is 58.0 Å². The average Bonchev–Trinajstić information content (AvgIpc) is 3.27. The van der Waals surface area contributed by atoms with Crippen LogP contribution in [0, 0.1) is 0 Å². The number of hydrogen-bond donors (Lipinski definition) is 0. The zero-order valence-electron chi connectivity index (χ0n) is 16.7. The van der Waals surface area contributed by atoms with Crippen molar-refractivity contribution in [3.63, 3.8) is 0 Å². The number of nitrogens with zero attached hydrogens (tertiary/aromatic N) is 1. The maximum atomic E-state index is 2.52. The molecule has 0 unspecified atom stereocenters. The maximum absolute atomic E-state index is 2.52. The Bertz CT molecular complexity index is 1500. The van der Waals surface area contributed by atoms with Gasteiger partial charge in [-0.2, -0.15) is 0 Å². The molecule has 5 aromatic rings. The summed E-state index contributed by atoms with van der Waals surface area (Å²) >= 11 is 0. The van der Waals surface area contributed by atoms with E-state index < -0.39 is 0 Å². The molecule has 1 aromatic heterocycles. The van der Waals surface area contributed by atoms with Crippen LogP contribution in [0.2, 0.25) is 0 Å². The van der Waals surface area contributed by atoms with Gasteiger partial charge in [0.1, 0.15) is 0 Å². The Balaban J connectivity index is 1.67. The van der Waals surface area contributed by atoms with Crippen LogP contribution in [0.15, 0.2) is 78.9 Å². The first-order valence-electron chi connectivity index (χ1n) is 10.4. The fourth-order valence-corrected chi connectivity index (χ4v) is 5.77. The second kappa shape index (κ2) is 4.99. The fourth-order valence-electron chi connectivity index (χ4n) is 5.77. The predicted molar refractivity (Wildman–Crippen MR) is 121 cm³/mol. The zero-order valence-corrected chi connectivity index (χ0v) is 16.7. The molecule has 4 aromatic carbocycles. The van der Waals surface area contributed by atoms with Crippen molar-refractivity contribution in [1.29, 1.82) is 0 Å². The van der Waals surface area contributed by atoms with Crippen LogP contribution in [-0.2, 0) is 11.8 Å². The van der Waals surface area contributed by atoms with Gasteiger partial charge in [0.25, 0.3) is 0 Å². The van der Waals surface area contributed by atoms with Gasteiger partial charge in [-0.1, -0.05) is 74.5 Å². The van der Waals surface area contributed by atoms with E-state index in [1.807, 2.05) is 0 Å². The van der Waals surface area contributed by atoms with Crippen LogP contribution in [-0.4, -0.2) is 4.57 Å². The first kappa shape index (κ1) is 15.6. The first-order valence-corrected chi connectivity index (χ1v) is 10.4. The minimum Gasteiger partial charge on any atom is -0.309 e. The molecule has 1 aliphatic carbocycles. The number of aromatic nitrogens is 1. The molecule has 0 radical (unpaired) electrons. The lowest BCUT2D eigenvalue weighted by atomic mass is 9.73. The third-order valence-corrected chi connectivity index (χ3v) is 7.19. The summed E-state index contributed by atoms with van der Waals surface area (Å²) in [4.78, 5) is 0. The van der Waals surface area contributed by atoms with Crippen LogP contribution in [0.3, 0.4) is 0 Å². The second-order valence-corrected chi connectivity index (χ2v) is 9.04. The molecule has 7 rings (SSSR count). The number of hydrogen-bond acceptors (Lipinski definition) is 0. The predicted octanol–water partition coefficient (Wildman–Crippen LogP) is 6.99. The van der Waals surface area contributed by atoms with E-state index in [1.54, 1.807) is 0 Å². The van der Waals surface area contributed by atoms with Crippen molar-refractivity contribution in [2.24, 2.45) is 0 Å². The van der Waals surface area contributed by atoms with Gasteiger partial charge in [-0.25, -0.2) is 0 Å². The van der Waals surface area contributed by atoms with Crippen molar-refractivity contribution in [1.82, 2.24) is 4.57 Å². The van der Waals surface area contributed by atoms with Crippen molar-refractivity contribution >= 4 is 21.8 Å². The molecule has 0 spiro atoms. The molecule has 0 saturated heterocycles. The van der Waals surface area contributed by atoms with E-state index in [2.05, 4.69) is 97.3 Å². The number of para-hydroxylation sites is 2. The molecule has 2 aliphatic rings. The summed E-state index contributed by atoms with van der Waals surface area (Å²) in [5, 5.41) is 2.71. The van der Waals surface area contributed by atoms with E-state index >= 15 is 0 Å². The monoisotopic (exact) mass is 371 g/mol. The van der Waals surface area contributed by atoms with Crippen LogP contribution < -0.4 is 0 Å². The Morgan fingerprint density at radius 3 is 2.41 bits per heavy atom. The highest BCUT2D eigenvalue weighted by molar-refractivity contribution is 6.11. The molecule has 0 bridgehead atoms. The van der Waals surface area contributed by atoms with E-state index in [0.717, 1.165) is 6.42 Å². The lowest BCUT2D eigenvalue weighted by Crippen LogP contribution is -2.26. The summed E-state index contributed by atoms with van der Waals surface area (Å²) in [6.45, 7) is 4.77. The summed E-state index contributed by atoms with van der Waals surface area (Å²) in [6, 6.07) is 29.5. The van der Waals surface area contributed by atoms with E-state index in [0.29, 0.717) is 0 Å². The largest absolute Gasteiger partial charge is 0.309 e. The SMILES string of the molecule is CC1(C)c2cc3c(cc2-n2c4ccccc4c4cccc1c42)Cc1ccccc1-3. The lowest BCUT2D eigenvalue weighted by molar-refractivity contribution is 0.630. The van der Waals surface area contributed by atoms with Crippen molar-refractivity contribution in [3.05, 3.63) is 101 Å². The Kier molecular flexibility index (Phi) is 2.68. The Hall–Kier alpha value is -3.32. The van der Waals surface area contributed by atoms with Crippen molar-refractivity contribution < 1.29 is 0 Å². The molecule has 138 valence electrons. The maximum Gasteiger partial charge on any atom is 0.0582 e. The standard InChI is InChI=1S/C28H21N/c1-28(2)23-12-7-11-21-20-10-5-6-13-25(20)29(27(21)23)26-15-18-14-17-8-3-4-9-19(17)22(18)16-24(26)28/h3-13,15-16H,14H2,1-2H3. The summed E-state index contributed by atoms with van der Waals surface area (Å²) in [5.41, 5.74) is 12.6. The molecule has 0 amide bonds. The molecule has 1 heteroatoms. The van der Waals surface area contributed by atoms with Crippen molar-refractivity contribution in [2.45, 2.75) is 25.7 Å². The van der Waals surface area contributed by atoms with E-state index in [9.17, 15) is 0 Å². The lowest BCUT2D eigenvalue weighted by Gasteiger charge is -2.35. The highest BCUT2D eigenvalue weighted by atomic mass is 15.0. The molecule has 1 aliphatic heterocycles. The zero-order chi connectivity index (χ0) is 19.3. The molecular formula is C28H21N. The topological polar surface area (TPSA) is 4.93 Å². The number of rotatable bonds is 0. The summed E-state index contributed by atoms with van der Waals surface area (Å²) < 4.78 is 2.52. The molecular weight excluding hydrogens is 350 g/mol. The summed E-state index contributed by atoms with van der Waals surface area (Å²) in [7, 11) is 0. The van der Waals surface area contributed by atoms with Gasteiger partial charge in [0, 0.05) is 16.2 Å². The molecule has 1 nitrogen and oxygen atoms in total. The van der Waals surface area contributed by atoms with E-state index in [-0.39, 0.29) is 5.41 Å². The van der Waals surface area contributed by atoms with Gasteiger partial charge >= 0.3 is 0 Å². The molecule has 0 atom stereocenters. The molecule has 2 heterocycles. The van der Waals surface area contributed by atoms with E-state index in [4.69, 9.17) is 0 Å². The van der Waals surface area contributed by atoms with Gasteiger partial charge in [0.05, 0.1) is 16.7 Å². The van der Waals surface area contributed by atoms with Gasteiger partial charge in [-0.15, -0.1) is 0 Å². The highest BCUT2D eigenvalue weighted by Gasteiger charge is 2.36. The minimum absolute atomic E-state index is 0.0359. The van der Waals surface area contributed by atoms with Gasteiger partial charge < -0.3 is 4.57 Å². The molecule has 0 N–H and O–H groups in total. The quantitative estimate of drug-likeness (QED) is 0.271. The van der Waals surface area contributed by atoms with Crippen molar-refractivity contribution in [2.75, 3.05) is 0 Å². The van der Waals surface area contributed by atoms with Gasteiger partial charge in [0.2, 0.25) is 0 Å². The third-order valence-electron chi connectivity index (χ3n) is 7.19. The molecule has 0 saturated carbocycles. The highest BCUT2D eigenvalue weighted by Crippen LogP contribution is 2.50. The Morgan fingerprint density at radius 2 is 1.48 bits per heavy atom. The normalized spacial score (nSPS) is 15.4.